The van der Waals surface area contributed by atoms with Crippen LogP contribution in [-0.4, -0.2) is 36.3 Å². The molecule has 3 fully saturated rings. The van der Waals surface area contributed by atoms with Gasteiger partial charge in [0.1, 0.15) is 0 Å². The molecule has 200 valence electrons. The molecule has 38 heavy (non-hydrogen) atoms. The van der Waals surface area contributed by atoms with Crippen molar-refractivity contribution in [1.29, 1.82) is 0 Å². The van der Waals surface area contributed by atoms with Gasteiger partial charge in [-0.1, -0.05) is 80.6 Å². The Balaban J connectivity index is 1.18. The lowest BCUT2D eigenvalue weighted by Crippen LogP contribution is -2.59. The Morgan fingerprint density at radius 1 is 0.921 bits per heavy atom. The van der Waals surface area contributed by atoms with Gasteiger partial charge in [-0.15, -0.1) is 0 Å². The molecule has 3 saturated carbocycles. The maximum atomic E-state index is 13.7. The van der Waals surface area contributed by atoms with E-state index in [0.717, 1.165) is 24.1 Å². The molecule has 2 amide bonds. The summed E-state index contributed by atoms with van der Waals surface area (Å²) < 4.78 is 0. The third-order valence-corrected chi connectivity index (χ3v) is 11.4. The molecule has 0 saturated heterocycles. The van der Waals surface area contributed by atoms with Gasteiger partial charge < -0.3 is 10.2 Å². The van der Waals surface area contributed by atoms with Gasteiger partial charge in [0.2, 0.25) is 11.8 Å². The van der Waals surface area contributed by atoms with E-state index in [1.165, 1.54) is 32.1 Å². The van der Waals surface area contributed by atoms with Crippen LogP contribution in [0.1, 0.15) is 69.4 Å². The molecule has 1 aliphatic heterocycles. The highest BCUT2D eigenvalue weighted by atomic mass is 16.2. The minimum atomic E-state index is -0.286. The first-order valence-electron chi connectivity index (χ1n) is 14.7. The first-order chi connectivity index (χ1) is 18.3. The van der Waals surface area contributed by atoms with Crippen molar-refractivity contribution in [3.05, 3.63) is 83.9 Å². The number of nitrogens with one attached hydrogen (secondary N) is 1. The lowest BCUT2D eigenvalue weighted by atomic mass is 9.47. The second-order valence-corrected chi connectivity index (χ2v) is 12.9. The van der Waals surface area contributed by atoms with Crippen LogP contribution in [0.15, 0.2) is 72.8 Å². The fourth-order valence-electron chi connectivity index (χ4n) is 9.29. The van der Waals surface area contributed by atoms with Gasteiger partial charge in [0.25, 0.3) is 0 Å². The summed E-state index contributed by atoms with van der Waals surface area (Å²) in [6.07, 6.45) is 11.3. The van der Waals surface area contributed by atoms with Crippen molar-refractivity contribution in [3.63, 3.8) is 0 Å². The van der Waals surface area contributed by atoms with Gasteiger partial charge >= 0.3 is 0 Å². The summed E-state index contributed by atoms with van der Waals surface area (Å²) in [7, 11) is 1.99. The van der Waals surface area contributed by atoms with Crippen LogP contribution < -0.4 is 5.32 Å². The maximum absolute atomic E-state index is 13.7. The number of rotatable bonds is 5. The number of carbonyl (C=O) groups is 2. The molecule has 7 atom stereocenters. The summed E-state index contributed by atoms with van der Waals surface area (Å²) in [5.74, 6) is 2.55. The van der Waals surface area contributed by atoms with Gasteiger partial charge in [-0.05, 0) is 84.8 Å². The smallest absolute Gasteiger partial charge is 0.246 e. The van der Waals surface area contributed by atoms with E-state index in [0.29, 0.717) is 29.7 Å². The topological polar surface area (TPSA) is 49.4 Å². The number of carbonyl (C=O) groups excluding carboxylic acids is 2. The maximum Gasteiger partial charge on any atom is 0.246 e. The zero-order chi connectivity index (χ0) is 26.5. The van der Waals surface area contributed by atoms with Crippen molar-refractivity contribution in [1.82, 2.24) is 10.2 Å². The molecule has 4 heteroatoms. The second-order valence-electron chi connectivity index (χ2n) is 12.9. The third-order valence-electron chi connectivity index (χ3n) is 11.4. The van der Waals surface area contributed by atoms with Crippen LogP contribution in [0.2, 0.25) is 0 Å². The van der Waals surface area contributed by atoms with Gasteiger partial charge in [0.05, 0.1) is 5.92 Å². The van der Waals surface area contributed by atoms with E-state index < -0.39 is 0 Å². The molecule has 2 unspecified atom stereocenters. The summed E-state index contributed by atoms with van der Waals surface area (Å²) >= 11 is 0. The summed E-state index contributed by atoms with van der Waals surface area (Å²) in [6.45, 7) is 5.69. The number of hydrogen-bond acceptors (Lipinski definition) is 2. The van der Waals surface area contributed by atoms with E-state index in [-0.39, 0.29) is 28.6 Å². The standard InChI is InChI=1S/C34H42N2O2/c1-33-20-18-28-26(15-17-29-34(28,2)21-19-30(37)36(29)3)27(33)16-14-25(33)22-35-32(38)31(23-10-6-4-7-11-23)24-12-8-5-9-13-24/h4-13,19,21,25-29,31H,14-18,20,22H2,1-3H3,(H,35,38)/t25?,26-,27-,28+,29?,33+,34+/m0/s1. The van der Waals surface area contributed by atoms with Gasteiger partial charge in [-0.3, -0.25) is 9.59 Å². The van der Waals surface area contributed by atoms with Gasteiger partial charge in [0.15, 0.2) is 0 Å². The Bertz CT molecular complexity index is 1170. The van der Waals surface area contributed by atoms with Crippen molar-refractivity contribution in [2.24, 2.45) is 34.5 Å². The predicted octanol–water partition coefficient (Wildman–Crippen LogP) is 6.19. The van der Waals surface area contributed by atoms with Crippen LogP contribution in [0.5, 0.6) is 0 Å². The van der Waals surface area contributed by atoms with E-state index in [9.17, 15) is 9.59 Å². The lowest BCUT2D eigenvalue weighted by molar-refractivity contribution is -0.139. The first-order valence-corrected chi connectivity index (χ1v) is 14.7. The van der Waals surface area contributed by atoms with Crippen LogP contribution in [0.25, 0.3) is 0 Å². The highest BCUT2D eigenvalue weighted by molar-refractivity contribution is 5.89. The molecule has 2 aromatic rings. The van der Waals surface area contributed by atoms with Crippen molar-refractivity contribution in [2.45, 2.75) is 64.3 Å². The van der Waals surface area contributed by atoms with E-state index in [1.54, 1.807) is 0 Å². The van der Waals surface area contributed by atoms with Crippen molar-refractivity contribution < 1.29 is 9.59 Å². The Morgan fingerprint density at radius 3 is 2.24 bits per heavy atom. The largest absolute Gasteiger partial charge is 0.355 e. The monoisotopic (exact) mass is 510 g/mol. The number of hydrogen-bond donors (Lipinski definition) is 1. The number of fused-ring (bicyclic) bond motifs is 5. The average Bonchev–Trinajstić information content (AvgIpc) is 3.27. The fourth-order valence-corrected chi connectivity index (χ4v) is 9.29. The lowest BCUT2D eigenvalue weighted by Gasteiger charge is -2.60. The molecule has 6 rings (SSSR count). The highest BCUT2D eigenvalue weighted by Gasteiger charge is 2.60. The van der Waals surface area contributed by atoms with E-state index >= 15 is 0 Å². The normalized spacial score (nSPS) is 35.9. The zero-order valence-corrected chi connectivity index (χ0v) is 23.1. The predicted molar refractivity (Wildman–Crippen MR) is 151 cm³/mol. The van der Waals surface area contributed by atoms with E-state index in [4.69, 9.17) is 0 Å². The number of benzene rings is 2. The fraction of sp³-hybridized carbons (Fsp3) is 0.529. The second kappa shape index (κ2) is 9.70. The Kier molecular flexibility index (Phi) is 6.48. The molecular weight excluding hydrogens is 468 g/mol. The molecule has 4 aliphatic rings. The quantitative estimate of drug-likeness (QED) is 0.521. The van der Waals surface area contributed by atoms with Crippen LogP contribution >= 0.6 is 0 Å². The van der Waals surface area contributed by atoms with E-state index in [2.05, 4.69) is 49.5 Å². The Morgan fingerprint density at radius 2 is 1.58 bits per heavy atom. The molecule has 4 nitrogen and oxygen atoms in total. The van der Waals surface area contributed by atoms with Crippen molar-refractivity contribution in [3.8, 4) is 0 Å². The third kappa shape index (κ3) is 4.03. The zero-order valence-electron chi connectivity index (χ0n) is 23.1. The molecule has 1 heterocycles. The summed E-state index contributed by atoms with van der Waals surface area (Å²) in [5.41, 5.74) is 2.44. The number of nitrogens with zero attached hydrogens (tertiary/aromatic N) is 1. The van der Waals surface area contributed by atoms with Crippen LogP contribution in [0, 0.1) is 34.5 Å². The minimum absolute atomic E-state index is 0.0811. The highest BCUT2D eigenvalue weighted by Crippen LogP contribution is 2.65. The summed E-state index contributed by atoms with van der Waals surface area (Å²) in [4.78, 5) is 28.1. The van der Waals surface area contributed by atoms with Crippen LogP contribution in [0.4, 0.5) is 0 Å². The number of amides is 2. The average molecular weight is 511 g/mol. The molecule has 2 aromatic carbocycles. The molecular formula is C34H42N2O2. The Labute approximate surface area is 227 Å². The molecule has 3 aliphatic carbocycles. The van der Waals surface area contributed by atoms with Crippen LogP contribution in [0.3, 0.4) is 0 Å². The van der Waals surface area contributed by atoms with Crippen LogP contribution in [-0.2, 0) is 9.59 Å². The van der Waals surface area contributed by atoms with Gasteiger partial charge in [-0.2, -0.15) is 0 Å². The van der Waals surface area contributed by atoms with Gasteiger partial charge in [-0.25, -0.2) is 0 Å². The Hall–Kier alpha value is -2.88. The minimum Gasteiger partial charge on any atom is -0.355 e. The molecule has 0 bridgehead atoms. The summed E-state index contributed by atoms with van der Waals surface area (Å²) in [5, 5.41) is 3.42. The molecule has 0 aromatic heterocycles. The SMILES string of the molecule is CN1C(=O)C=C[C@@]2(C)C1CC[C@@H]1[C@H]2CC[C@]2(C)C(CNC(=O)C(c3ccccc3)c3ccccc3)CC[C@@H]12. The van der Waals surface area contributed by atoms with Gasteiger partial charge in [0, 0.05) is 25.0 Å². The number of likely N-dealkylation sites (N-methyl/N-ethyl adjacent to an activating group) is 1. The summed E-state index contributed by atoms with van der Waals surface area (Å²) in [6, 6.07) is 20.7. The van der Waals surface area contributed by atoms with E-state index in [1.807, 2.05) is 54.4 Å². The van der Waals surface area contributed by atoms with Crippen molar-refractivity contribution >= 4 is 11.8 Å². The molecule has 1 N–H and O–H groups in total. The van der Waals surface area contributed by atoms with Crippen molar-refractivity contribution in [2.75, 3.05) is 13.6 Å². The molecule has 0 radical (unpaired) electrons. The molecule has 0 spiro atoms. The first kappa shape index (κ1) is 25.4.